The maximum atomic E-state index is 13.7. The predicted octanol–water partition coefficient (Wildman–Crippen LogP) is 3.69. The number of nitrogens with zero attached hydrogens (tertiary/aromatic N) is 2. The van der Waals surface area contributed by atoms with E-state index in [2.05, 4.69) is 56.9 Å². The normalized spacial score (nSPS) is 26.3. The molecule has 2 heterocycles. The van der Waals surface area contributed by atoms with E-state index >= 15 is 0 Å². The highest BCUT2D eigenvalue weighted by molar-refractivity contribution is 5.64. The molecular formula is C16H21FN2. The lowest BCUT2D eigenvalue weighted by Crippen LogP contribution is -2.59. The van der Waals surface area contributed by atoms with E-state index < -0.39 is 0 Å². The minimum Gasteiger partial charge on any atom is -0.358 e. The van der Waals surface area contributed by atoms with Crippen LogP contribution in [0.3, 0.4) is 0 Å². The molecule has 0 bridgehead atoms. The molecule has 19 heavy (non-hydrogen) atoms. The smallest absolute Gasteiger partial charge is 0.123 e. The van der Waals surface area contributed by atoms with Gasteiger partial charge < -0.3 is 9.80 Å². The van der Waals surface area contributed by atoms with E-state index in [0.29, 0.717) is 0 Å². The number of halogens is 1. The van der Waals surface area contributed by atoms with E-state index in [-0.39, 0.29) is 22.8 Å². The minimum absolute atomic E-state index is 0.00600. The molecule has 0 amide bonds. The van der Waals surface area contributed by atoms with Crippen LogP contribution < -0.4 is 4.90 Å². The molecule has 1 aromatic carbocycles. The molecule has 2 aliphatic rings. The lowest BCUT2D eigenvalue weighted by Gasteiger charge is -2.56. The van der Waals surface area contributed by atoms with Crippen molar-refractivity contribution in [3.05, 3.63) is 42.0 Å². The van der Waals surface area contributed by atoms with Gasteiger partial charge >= 0.3 is 0 Å². The third kappa shape index (κ3) is 1.41. The Morgan fingerprint density at radius 2 is 1.79 bits per heavy atom. The SMILES string of the molecule is CN1C=CN2c3ccc(F)cc3C(C)(C)C(C)(C)C12. The zero-order valence-electron chi connectivity index (χ0n) is 12.2. The van der Waals surface area contributed by atoms with Crippen LogP contribution in [0, 0.1) is 11.2 Å². The summed E-state index contributed by atoms with van der Waals surface area (Å²) in [5, 5.41) is 0. The quantitative estimate of drug-likeness (QED) is 0.702. The minimum atomic E-state index is -0.155. The number of hydrogen-bond donors (Lipinski definition) is 0. The number of rotatable bonds is 0. The van der Waals surface area contributed by atoms with E-state index in [1.807, 2.05) is 6.07 Å². The van der Waals surface area contributed by atoms with Crippen LogP contribution >= 0.6 is 0 Å². The van der Waals surface area contributed by atoms with Crippen LogP contribution in [-0.4, -0.2) is 18.1 Å². The van der Waals surface area contributed by atoms with Crippen LogP contribution in [0.25, 0.3) is 0 Å². The van der Waals surface area contributed by atoms with E-state index in [1.165, 1.54) is 0 Å². The van der Waals surface area contributed by atoms with Gasteiger partial charge in [-0.2, -0.15) is 0 Å². The molecule has 1 unspecified atom stereocenters. The Kier molecular flexibility index (Phi) is 2.32. The zero-order valence-corrected chi connectivity index (χ0v) is 12.2. The summed E-state index contributed by atoms with van der Waals surface area (Å²) in [5.74, 6) is -0.155. The lowest BCUT2D eigenvalue weighted by molar-refractivity contribution is 0.0762. The van der Waals surface area contributed by atoms with Gasteiger partial charge in [-0.3, -0.25) is 0 Å². The van der Waals surface area contributed by atoms with Crippen LogP contribution in [0.4, 0.5) is 10.1 Å². The van der Waals surface area contributed by atoms with Gasteiger partial charge in [0.2, 0.25) is 0 Å². The Morgan fingerprint density at radius 3 is 2.47 bits per heavy atom. The third-order valence-corrected chi connectivity index (χ3v) is 5.28. The maximum Gasteiger partial charge on any atom is 0.123 e. The van der Waals surface area contributed by atoms with Crippen molar-refractivity contribution in [3.8, 4) is 0 Å². The summed E-state index contributed by atoms with van der Waals surface area (Å²) in [6, 6.07) is 5.15. The Balaban J connectivity index is 2.28. The fourth-order valence-electron chi connectivity index (χ4n) is 3.51. The second-order valence-corrected chi connectivity index (χ2v) is 6.75. The molecule has 0 saturated heterocycles. The summed E-state index contributed by atoms with van der Waals surface area (Å²) in [6.07, 6.45) is 4.47. The number of anilines is 1. The van der Waals surface area contributed by atoms with Crippen LogP contribution in [0.1, 0.15) is 33.3 Å². The van der Waals surface area contributed by atoms with E-state index in [0.717, 1.165) is 11.3 Å². The van der Waals surface area contributed by atoms with Crippen molar-refractivity contribution in [3.63, 3.8) is 0 Å². The Labute approximate surface area is 114 Å². The monoisotopic (exact) mass is 260 g/mol. The highest BCUT2D eigenvalue weighted by Crippen LogP contribution is 2.55. The van der Waals surface area contributed by atoms with Gasteiger partial charge in [-0.25, -0.2) is 4.39 Å². The van der Waals surface area contributed by atoms with E-state index in [9.17, 15) is 4.39 Å². The van der Waals surface area contributed by atoms with Crippen molar-refractivity contribution in [1.82, 2.24) is 4.90 Å². The van der Waals surface area contributed by atoms with E-state index in [4.69, 9.17) is 0 Å². The first-order valence-corrected chi connectivity index (χ1v) is 6.75. The fraction of sp³-hybridized carbons (Fsp3) is 0.500. The average molecular weight is 260 g/mol. The third-order valence-electron chi connectivity index (χ3n) is 5.28. The molecule has 3 rings (SSSR count). The summed E-state index contributed by atoms with van der Waals surface area (Å²) in [7, 11) is 2.10. The van der Waals surface area contributed by atoms with Crippen molar-refractivity contribution in [2.24, 2.45) is 5.41 Å². The van der Waals surface area contributed by atoms with Crippen LogP contribution in [-0.2, 0) is 5.41 Å². The molecule has 0 fully saturated rings. The first kappa shape index (κ1) is 12.5. The first-order chi connectivity index (χ1) is 8.76. The summed E-state index contributed by atoms with van der Waals surface area (Å²) in [6.45, 7) is 8.97. The summed E-state index contributed by atoms with van der Waals surface area (Å²) >= 11 is 0. The average Bonchev–Trinajstić information content (AvgIpc) is 2.70. The predicted molar refractivity (Wildman–Crippen MR) is 76.4 cm³/mol. The molecule has 0 spiro atoms. The maximum absolute atomic E-state index is 13.7. The Bertz CT molecular complexity index is 560. The summed E-state index contributed by atoms with van der Waals surface area (Å²) in [5.41, 5.74) is 2.13. The first-order valence-electron chi connectivity index (χ1n) is 6.75. The standard InChI is InChI=1S/C16H21FN2/c1-15(2)12-10-11(17)6-7-13(12)19-9-8-18(5)14(19)16(15,3)4/h6-10,14H,1-5H3. The second-order valence-electron chi connectivity index (χ2n) is 6.75. The molecular weight excluding hydrogens is 239 g/mol. The van der Waals surface area contributed by atoms with Crippen molar-refractivity contribution in [2.75, 3.05) is 11.9 Å². The van der Waals surface area contributed by atoms with E-state index in [1.54, 1.807) is 12.1 Å². The largest absolute Gasteiger partial charge is 0.358 e. The van der Waals surface area contributed by atoms with Gasteiger partial charge in [0.25, 0.3) is 0 Å². The number of hydrogen-bond acceptors (Lipinski definition) is 2. The molecule has 0 saturated carbocycles. The molecule has 2 nitrogen and oxygen atoms in total. The second kappa shape index (κ2) is 3.53. The zero-order chi connectivity index (χ0) is 14.0. The van der Waals surface area contributed by atoms with Gasteiger partial charge in [0.05, 0.1) is 0 Å². The van der Waals surface area contributed by atoms with Crippen molar-refractivity contribution >= 4 is 5.69 Å². The lowest BCUT2D eigenvalue weighted by atomic mass is 9.59. The topological polar surface area (TPSA) is 6.48 Å². The van der Waals surface area contributed by atoms with Gasteiger partial charge in [0.1, 0.15) is 12.0 Å². The van der Waals surface area contributed by atoms with Gasteiger partial charge in [-0.05, 0) is 23.8 Å². The van der Waals surface area contributed by atoms with Crippen LogP contribution in [0.15, 0.2) is 30.6 Å². The highest BCUT2D eigenvalue weighted by Gasteiger charge is 2.54. The van der Waals surface area contributed by atoms with Crippen LogP contribution in [0.5, 0.6) is 0 Å². The van der Waals surface area contributed by atoms with Crippen molar-refractivity contribution < 1.29 is 4.39 Å². The Morgan fingerprint density at radius 1 is 1.11 bits per heavy atom. The molecule has 0 N–H and O–H groups in total. The molecule has 3 heteroatoms. The van der Waals surface area contributed by atoms with Crippen molar-refractivity contribution in [2.45, 2.75) is 39.3 Å². The molecule has 0 aliphatic carbocycles. The van der Waals surface area contributed by atoms with Gasteiger partial charge in [0, 0.05) is 36.0 Å². The fourth-order valence-corrected chi connectivity index (χ4v) is 3.51. The van der Waals surface area contributed by atoms with Gasteiger partial charge in [-0.1, -0.05) is 27.7 Å². The summed E-state index contributed by atoms with van der Waals surface area (Å²) < 4.78 is 13.7. The van der Waals surface area contributed by atoms with Crippen LogP contribution in [0.2, 0.25) is 0 Å². The molecule has 1 aromatic rings. The van der Waals surface area contributed by atoms with Gasteiger partial charge in [0.15, 0.2) is 0 Å². The van der Waals surface area contributed by atoms with Gasteiger partial charge in [-0.15, -0.1) is 0 Å². The molecule has 2 aliphatic heterocycles. The molecule has 0 aromatic heterocycles. The summed E-state index contributed by atoms with van der Waals surface area (Å²) in [4.78, 5) is 4.51. The molecule has 102 valence electrons. The molecule has 1 atom stereocenters. The Hall–Kier alpha value is -1.51. The molecule has 0 radical (unpaired) electrons. The van der Waals surface area contributed by atoms with Crippen molar-refractivity contribution in [1.29, 1.82) is 0 Å². The highest BCUT2D eigenvalue weighted by atomic mass is 19.1. The number of fused-ring (bicyclic) bond motifs is 3. The number of benzene rings is 1.